The third-order valence-electron chi connectivity index (χ3n) is 4.91. The summed E-state index contributed by atoms with van der Waals surface area (Å²) >= 11 is 1.21. The topological polar surface area (TPSA) is 126 Å². The van der Waals surface area contributed by atoms with Gasteiger partial charge in [-0.05, 0) is 50.6 Å². The SMILES string of the molecule is CCn1c(SCC(=O)Nc2cccc(C(=O)O)c2)nnc1C(C)NC(=O)c1ccccc1C. The van der Waals surface area contributed by atoms with Crippen molar-refractivity contribution < 1.29 is 19.5 Å². The summed E-state index contributed by atoms with van der Waals surface area (Å²) < 4.78 is 1.85. The number of carboxylic acids is 1. The Morgan fingerprint density at radius 3 is 2.58 bits per heavy atom. The van der Waals surface area contributed by atoms with E-state index in [-0.39, 0.29) is 29.2 Å². The minimum atomic E-state index is -1.06. The number of carboxylic acid groups (broad SMARTS) is 1. The van der Waals surface area contributed by atoms with E-state index in [1.807, 2.05) is 43.5 Å². The molecule has 1 unspecified atom stereocenters. The van der Waals surface area contributed by atoms with Crippen LogP contribution in [0.4, 0.5) is 5.69 Å². The predicted octanol–water partition coefficient (Wildman–Crippen LogP) is 3.53. The largest absolute Gasteiger partial charge is 0.478 e. The molecule has 10 heteroatoms. The first-order valence-electron chi connectivity index (χ1n) is 10.4. The van der Waals surface area contributed by atoms with Gasteiger partial charge in [-0.1, -0.05) is 36.0 Å². The summed E-state index contributed by atoms with van der Waals surface area (Å²) in [4.78, 5) is 36.1. The molecule has 9 nitrogen and oxygen atoms in total. The molecule has 1 heterocycles. The number of aromatic nitrogens is 3. The quantitative estimate of drug-likeness (QED) is 0.411. The fourth-order valence-electron chi connectivity index (χ4n) is 3.25. The Balaban J connectivity index is 1.63. The summed E-state index contributed by atoms with van der Waals surface area (Å²) in [6.45, 7) is 6.22. The Kier molecular flexibility index (Phi) is 7.83. The second kappa shape index (κ2) is 10.8. The molecular formula is C23H25N5O4S. The van der Waals surface area contributed by atoms with Crippen molar-refractivity contribution in [3.8, 4) is 0 Å². The minimum Gasteiger partial charge on any atom is -0.478 e. The van der Waals surface area contributed by atoms with E-state index in [9.17, 15) is 14.4 Å². The van der Waals surface area contributed by atoms with Crippen LogP contribution in [0.1, 0.15) is 52.0 Å². The van der Waals surface area contributed by atoms with E-state index >= 15 is 0 Å². The van der Waals surface area contributed by atoms with E-state index in [0.717, 1.165) is 5.56 Å². The zero-order valence-corrected chi connectivity index (χ0v) is 19.3. The third kappa shape index (κ3) is 5.98. The maximum absolute atomic E-state index is 12.6. The molecule has 33 heavy (non-hydrogen) atoms. The number of nitrogens with zero attached hydrogens (tertiary/aromatic N) is 3. The zero-order valence-electron chi connectivity index (χ0n) is 18.5. The number of anilines is 1. The fraction of sp³-hybridized carbons (Fsp3) is 0.261. The van der Waals surface area contributed by atoms with Crippen LogP contribution in [0.25, 0.3) is 0 Å². The van der Waals surface area contributed by atoms with Crippen molar-refractivity contribution in [3.05, 3.63) is 71.0 Å². The highest BCUT2D eigenvalue weighted by molar-refractivity contribution is 7.99. The number of aromatic carboxylic acids is 1. The molecule has 0 spiro atoms. The number of rotatable bonds is 9. The van der Waals surface area contributed by atoms with Crippen molar-refractivity contribution in [3.63, 3.8) is 0 Å². The monoisotopic (exact) mass is 467 g/mol. The summed E-state index contributed by atoms with van der Waals surface area (Å²) in [6.07, 6.45) is 0. The molecular weight excluding hydrogens is 442 g/mol. The number of aryl methyl sites for hydroxylation is 1. The first-order valence-corrected chi connectivity index (χ1v) is 11.3. The van der Waals surface area contributed by atoms with Crippen molar-refractivity contribution in [2.75, 3.05) is 11.1 Å². The van der Waals surface area contributed by atoms with Gasteiger partial charge in [0.05, 0.1) is 17.4 Å². The third-order valence-corrected chi connectivity index (χ3v) is 5.88. The van der Waals surface area contributed by atoms with E-state index in [2.05, 4.69) is 20.8 Å². The summed E-state index contributed by atoms with van der Waals surface area (Å²) in [5.74, 6) is -0.886. The van der Waals surface area contributed by atoms with Crippen LogP contribution >= 0.6 is 11.8 Å². The lowest BCUT2D eigenvalue weighted by atomic mass is 10.1. The van der Waals surface area contributed by atoms with Gasteiger partial charge >= 0.3 is 5.97 Å². The van der Waals surface area contributed by atoms with Crippen LogP contribution < -0.4 is 10.6 Å². The van der Waals surface area contributed by atoms with Crippen molar-refractivity contribution in [1.82, 2.24) is 20.1 Å². The average Bonchev–Trinajstić information content (AvgIpc) is 3.21. The lowest BCUT2D eigenvalue weighted by Crippen LogP contribution is -2.29. The molecule has 172 valence electrons. The molecule has 0 saturated carbocycles. The van der Waals surface area contributed by atoms with Gasteiger partial charge in [-0.25, -0.2) is 4.79 Å². The van der Waals surface area contributed by atoms with Crippen LogP contribution in [0.3, 0.4) is 0 Å². The maximum Gasteiger partial charge on any atom is 0.335 e. The Morgan fingerprint density at radius 1 is 1.12 bits per heavy atom. The number of carbonyl (C=O) groups is 3. The van der Waals surface area contributed by atoms with Gasteiger partial charge in [-0.3, -0.25) is 9.59 Å². The highest BCUT2D eigenvalue weighted by atomic mass is 32.2. The minimum absolute atomic E-state index is 0.0688. The lowest BCUT2D eigenvalue weighted by molar-refractivity contribution is -0.113. The van der Waals surface area contributed by atoms with Crippen molar-refractivity contribution in [1.29, 1.82) is 0 Å². The van der Waals surface area contributed by atoms with Gasteiger partial charge in [0.1, 0.15) is 0 Å². The van der Waals surface area contributed by atoms with Crippen LogP contribution in [0.5, 0.6) is 0 Å². The van der Waals surface area contributed by atoms with Gasteiger partial charge in [-0.15, -0.1) is 10.2 Å². The Labute approximate surface area is 195 Å². The number of carbonyl (C=O) groups excluding carboxylic acids is 2. The summed E-state index contributed by atoms with van der Waals surface area (Å²) in [7, 11) is 0. The van der Waals surface area contributed by atoms with Crippen LogP contribution in [0, 0.1) is 6.92 Å². The number of thioether (sulfide) groups is 1. The van der Waals surface area contributed by atoms with E-state index in [0.29, 0.717) is 28.8 Å². The summed E-state index contributed by atoms with van der Waals surface area (Å²) in [6, 6.07) is 13.0. The van der Waals surface area contributed by atoms with Gasteiger partial charge in [0, 0.05) is 17.8 Å². The Bertz CT molecular complexity index is 1180. The molecule has 0 fully saturated rings. The fourth-order valence-corrected chi connectivity index (χ4v) is 4.06. The molecule has 0 radical (unpaired) electrons. The van der Waals surface area contributed by atoms with Gasteiger partial charge in [-0.2, -0.15) is 0 Å². The van der Waals surface area contributed by atoms with Crippen LogP contribution in [0.15, 0.2) is 53.7 Å². The Morgan fingerprint density at radius 2 is 1.88 bits per heavy atom. The molecule has 2 amide bonds. The molecule has 1 atom stereocenters. The summed E-state index contributed by atoms with van der Waals surface area (Å²) in [5.41, 5.74) is 1.99. The van der Waals surface area contributed by atoms with E-state index in [4.69, 9.17) is 5.11 Å². The van der Waals surface area contributed by atoms with Crippen molar-refractivity contribution in [2.45, 2.75) is 38.5 Å². The first-order chi connectivity index (χ1) is 15.8. The molecule has 0 aliphatic rings. The highest BCUT2D eigenvalue weighted by Gasteiger charge is 2.20. The maximum atomic E-state index is 12.6. The predicted molar refractivity (Wildman–Crippen MR) is 126 cm³/mol. The molecule has 2 aromatic carbocycles. The van der Waals surface area contributed by atoms with Gasteiger partial charge in [0.25, 0.3) is 5.91 Å². The summed E-state index contributed by atoms with van der Waals surface area (Å²) in [5, 5.41) is 23.7. The van der Waals surface area contributed by atoms with Gasteiger partial charge in [0.2, 0.25) is 5.91 Å². The molecule has 0 aliphatic carbocycles. The molecule has 3 N–H and O–H groups in total. The molecule has 0 aliphatic heterocycles. The van der Waals surface area contributed by atoms with Crippen LogP contribution in [-0.2, 0) is 11.3 Å². The Hall–Kier alpha value is -3.66. The second-order valence-corrected chi connectivity index (χ2v) is 8.26. The molecule has 1 aromatic heterocycles. The zero-order chi connectivity index (χ0) is 24.0. The average molecular weight is 468 g/mol. The molecule has 3 rings (SSSR count). The van der Waals surface area contributed by atoms with Crippen molar-refractivity contribution in [2.24, 2.45) is 0 Å². The van der Waals surface area contributed by atoms with Gasteiger partial charge in [0.15, 0.2) is 11.0 Å². The number of benzene rings is 2. The lowest BCUT2D eigenvalue weighted by Gasteiger charge is -2.16. The van der Waals surface area contributed by atoms with Gasteiger partial charge < -0.3 is 20.3 Å². The van der Waals surface area contributed by atoms with E-state index < -0.39 is 5.97 Å². The normalized spacial score (nSPS) is 11.6. The van der Waals surface area contributed by atoms with Crippen molar-refractivity contribution >= 4 is 35.2 Å². The number of amides is 2. The smallest absolute Gasteiger partial charge is 0.335 e. The van der Waals surface area contributed by atoms with Crippen LogP contribution in [-0.4, -0.2) is 43.4 Å². The van der Waals surface area contributed by atoms with Crippen LogP contribution in [0.2, 0.25) is 0 Å². The molecule has 0 saturated heterocycles. The standard InChI is InChI=1S/C23H25N5O4S/c1-4-28-20(15(3)24-21(30)18-11-6-5-8-14(18)2)26-27-23(28)33-13-19(29)25-17-10-7-9-16(12-17)22(31)32/h5-12,15H,4,13H2,1-3H3,(H,24,30)(H,25,29)(H,31,32). The first kappa shape index (κ1) is 24.0. The number of nitrogens with one attached hydrogen (secondary N) is 2. The number of hydrogen-bond donors (Lipinski definition) is 3. The van der Waals surface area contributed by atoms with E-state index in [1.165, 1.54) is 23.9 Å². The van der Waals surface area contributed by atoms with E-state index in [1.54, 1.807) is 18.2 Å². The molecule has 0 bridgehead atoms. The number of hydrogen-bond acceptors (Lipinski definition) is 6. The second-order valence-electron chi connectivity index (χ2n) is 7.32. The highest BCUT2D eigenvalue weighted by Crippen LogP contribution is 2.21. The molecule has 3 aromatic rings.